The molecule has 3 aromatic rings. The summed E-state index contributed by atoms with van der Waals surface area (Å²) in [5.41, 5.74) is 1.95. The fourth-order valence-corrected chi connectivity index (χ4v) is 5.86. The summed E-state index contributed by atoms with van der Waals surface area (Å²) in [6.07, 6.45) is 3.05. The van der Waals surface area contributed by atoms with E-state index in [9.17, 15) is 9.59 Å². The van der Waals surface area contributed by atoms with Crippen LogP contribution in [0.25, 0.3) is 6.08 Å². The summed E-state index contributed by atoms with van der Waals surface area (Å²) in [5, 5.41) is 0.520. The number of ether oxygens (including phenoxy) is 3. The Bertz CT molecular complexity index is 1560. The number of hydrogen-bond acceptors (Lipinski definition) is 7. The van der Waals surface area contributed by atoms with E-state index in [0.717, 1.165) is 10.9 Å². The van der Waals surface area contributed by atoms with E-state index in [2.05, 4.69) is 15.9 Å². The molecule has 194 valence electrons. The molecule has 2 heterocycles. The standard InChI is InChI=1S/C27H26BrClN2O5S/c1-5-7-19-23(26(33)36-6-2)24(18-14-16(28)8-10-21(18)35-4)31-25(32)22(37-27(31)30-19)13-15-12-17(29)9-11-20(15)34-3/h8-14,24H,5-7H2,1-4H3/b22-13+/t24-/m0/s1. The molecule has 10 heteroatoms. The van der Waals surface area contributed by atoms with Crippen molar-refractivity contribution in [3.8, 4) is 11.5 Å². The molecule has 0 saturated carbocycles. The number of carbonyl (C=O) groups excluding carboxylic acids is 1. The van der Waals surface area contributed by atoms with Crippen molar-refractivity contribution in [3.63, 3.8) is 0 Å². The smallest absolute Gasteiger partial charge is 0.338 e. The van der Waals surface area contributed by atoms with Gasteiger partial charge in [-0.1, -0.05) is 52.2 Å². The van der Waals surface area contributed by atoms with Crippen LogP contribution in [-0.2, 0) is 9.53 Å². The molecule has 1 aliphatic heterocycles. The van der Waals surface area contributed by atoms with E-state index < -0.39 is 12.0 Å². The van der Waals surface area contributed by atoms with E-state index >= 15 is 0 Å². The van der Waals surface area contributed by atoms with Crippen LogP contribution >= 0.6 is 38.9 Å². The Hall–Kier alpha value is -2.88. The lowest BCUT2D eigenvalue weighted by Crippen LogP contribution is -2.40. The van der Waals surface area contributed by atoms with Gasteiger partial charge >= 0.3 is 5.97 Å². The average Bonchev–Trinajstić information content (AvgIpc) is 3.18. The van der Waals surface area contributed by atoms with Crippen LogP contribution in [0.3, 0.4) is 0 Å². The molecule has 1 aromatic heterocycles. The maximum absolute atomic E-state index is 13.9. The van der Waals surface area contributed by atoms with Gasteiger partial charge < -0.3 is 14.2 Å². The molecule has 0 unspecified atom stereocenters. The normalized spacial score (nSPS) is 15.3. The summed E-state index contributed by atoms with van der Waals surface area (Å²) in [7, 11) is 3.12. The minimum Gasteiger partial charge on any atom is -0.496 e. The number of rotatable bonds is 8. The minimum atomic E-state index is -0.785. The lowest BCUT2D eigenvalue weighted by atomic mass is 9.93. The topological polar surface area (TPSA) is 79.1 Å². The number of nitrogens with zero attached hydrogens (tertiary/aromatic N) is 2. The van der Waals surface area contributed by atoms with Crippen LogP contribution in [0.1, 0.15) is 43.9 Å². The summed E-state index contributed by atoms with van der Waals surface area (Å²) in [6.45, 7) is 3.96. The van der Waals surface area contributed by atoms with Gasteiger partial charge in [-0.15, -0.1) is 0 Å². The van der Waals surface area contributed by atoms with Gasteiger partial charge in [0.25, 0.3) is 5.56 Å². The van der Waals surface area contributed by atoms with Crippen LogP contribution in [-0.4, -0.2) is 31.4 Å². The number of esters is 1. The zero-order valence-electron chi connectivity index (χ0n) is 20.8. The van der Waals surface area contributed by atoms with Crippen molar-refractivity contribution in [1.29, 1.82) is 0 Å². The van der Waals surface area contributed by atoms with E-state index in [4.69, 9.17) is 30.8 Å². The maximum atomic E-state index is 13.9. The highest BCUT2D eigenvalue weighted by molar-refractivity contribution is 9.10. The second kappa shape index (κ2) is 11.7. The molecule has 0 spiro atoms. The van der Waals surface area contributed by atoms with E-state index in [0.29, 0.717) is 54.7 Å². The van der Waals surface area contributed by atoms with Crippen molar-refractivity contribution in [3.05, 3.63) is 88.0 Å². The van der Waals surface area contributed by atoms with E-state index in [1.54, 1.807) is 56.1 Å². The average molecular weight is 606 g/mol. The Morgan fingerprint density at radius 3 is 2.57 bits per heavy atom. The van der Waals surface area contributed by atoms with Gasteiger partial charge in [0.1, 0.15) is 17.5 Å². The molecule has 37 heavy (non-hydrogen) atoms. The van der Waals surface area contributed by atoms with Crippen molar-refractivity contribution in [2.24, 2.45) is 4.99 Å². The Morgan fingerprint density at radius 1 is 1.16 bits per heavy atom. The molecule has 1 aliphatic rings. The van der Waals surface area contributed by atoms with Gasteiger partial charge in [-0.3, -0.25) is 9.36 Å². The van der Waals surface area contributed by atoms with Crippen molar-refractivity contribution in [1.82, 2.24) is 4.57 Å². The zero-order chi connectivity index (χ0) is 26.7. The minimum absolute atomic E-state index is 0.197. The molecule has 0 saturated heterocycles. The predicted molar refractivity (Wildman–Crippen MR) is 148 cm³/mol. The van der Waals surface area contributed by atoms with Crippen molar-refractivity contribution in [2.75, 3.05) is 20.8 Å². The third-order valence-corrected chi connectivity index (χ3v) is 7.57. The van der Waals surface area contributed by atoms with Crippen LogP contribution in [0.4, 0.5) is 0 Å². The van der Waals surface area contributed by atoms with E-state index in [1.165, 1.54) is 11.3 Å². The SMILES string of the molecule is CCCC1=C(C(=O)OCC)[C@H](c2cc(Br)ccc2OC)n2c(s/c(=C/c3cc(Cl)ccc3OC)c2=O)=N1. The summed E-state index contributed by atoms with van der Waals surface area (Å²) < 4.78 is 19.3. The fraction of sp³-hybridized carbons (Fsp3) is 0.296. The van der Waals surface area contributed by atoms with Crippen LogP contribution in [0, 0.1) is 0 Å². The number of fused-ring (bicyclic) bond motifs is 1. The lowest BCUT2D eigenvalue weighted by Gasteiger charge is -2.27. The molecule has 1 atom stereocenters. The molecule has 0 amide bonds. The summed E-state index contributed by atoms with van der Waals surface area (Å²) in [4.78, 5) is 32.6. The summed E-state index contributed by atoms with van der Waals surface area (Å²) in [5.74, 6) is 0.616. The zero-order valence-corrected chi connectivity index (χ0v) is 24.0. The van der Waals surface area contributed by atoms with Gasteiger partial charge in [0.05, 0.1) is 36.6 Å². The van der Waals surface area contributed by atoms with Crippen molar-refractivity contribution >= 4 is 50.9 Å². The number of carbonyl (C=O) groups is 1. The van der Waals surface area contributed by atoms with Crippen molar-refractivity contribution in [2.45, 2.75) is 32.7 Å². The van der Waals surface area contributed by atoms with Crippen molar-refractivity contribution < 1.29 is 19.0 Å². The fourth-order valence-electron chi connectivity index (χ4n) is 4.29. The highest BCUT2D eigenvalue weighted by atomic mass is 79.9. The van der Waals surface area contributed by atoms with E-state index in [1.807, 2.05) is 19.1 Å². The highest BCUT2D eigenvalue weighted by Gasteiger charge is 2.36. The molecular weight excluding hydrogens is 580 g/mol. The molecule has 0 fully saturated rings. The molecule has 7 nitrogen and oxygen atoms in total. The third-order valence-electron chi connectivity index (χ3n) is 5.86. The summed E-state index contributed by atoms with van der Waals surface area (Å²) >= 11 is 11.0. The quantitative estimate of drug-likeness (QED) is 0.337. The summed E-state index contributed by atoms with van der Waals surface area (Å²) in [6, 6.07) is 9.93. The number of aromatic nitrogens is 1. The number of methoxy groups -OCH3 is 2. The third kappa shape index (κ3) is 5.39. The first-order valence-electron chi connectivity index (χ1n) is 11.7. The van der Waals surface area contributed by atoms with Gasteiger partial charge in [-0.25, -0.2) is 9.79 Å². The molecule has 0 N–H and O–H groups in total. The second-order valence-electron chi connectivity index (χ2n) is 8.19. The number of halogens is 2. The number of hydrogen-bond donors (Lipinski definition) is 0. The molecule has 0 radical (unpaired) electrons. The largest absolute Gasteiger partial charge is 0.496 e. The first kappa shape index (κ1) is 27.2. The molecule has 2 aromatic carbocycles. The Morgan fingerprint density at radius 2 is 1.89 bits per heavy atom. The molecule has 0 aliphatic carbocycles. The number of allylic oxidation sites excluding steroid dienone is 1. The number of benzene rings is 2. The van der Waals surface area contributed by atoms with Crippen LogP contribution in [0.15, 0.2) is 61.9 Å². The van der Waals surface area contributed by atoms with E-state index in [-0.39, 0.29) is 12.2 Å². The first-order valence-corrected chi connectivity index (χ1v) is 13.7. The highest BCUT2D eigenvalue weighted by Crippen LogP contribution is 2.38. The lowest BCUT2D eigenvalue weighted by molar-refractivity contribution is -0.139. The number of thiazole rings is 1. The van der Waals surface area contributed by atoms with Gasteiger partial charge in [-0.2, -0.15) is 0 Å². The van der Waals surface area contributed by atoms with Crippen LogP contribution < -0.4 is 24.4 Å². The first-order chi connectivity index (χ1) is 17.8. The Labute approximate surface area is 231 Å². The van der Waals surface area contributed by atoms with Gasteiger partial charge in [0.2, 0.25) is 0 Å². The van der Waals surface area contributed by atoms with Gasteiger partial charge in [0.15, 0.2) is 4.80 Å². The Balaban J connectivity index is 2.07. The molecule has 4 rings (SSSR count). The Kier molecular flexibility index (Phi) is 8.56. The molecular formula is C27H26BrClN2O5S. The van der Waals surface area contributed by atoms with Gasteiger partial charge in [0, 0.05) is 20.6 Å². The molecule has 0 bridgehead atoms. The predicted octanol–water partition coefficient (Wildman–Crippen LogP) is 5.01. The van der Waals surface area contributed by atoms with Crippen LogP contribution in [0.5, 0.6) is 11.5 Å². The van der Waals surface area contributed by atoms with Crippen LogP contribution in [0.2, 0.25) is 5.02 Å². The maximum Gasteiger partial charge on any atom is 0.338 e. The monoisotopic (exact) mass is 604 g/mol. The van der Waals surface area contributed by atoms with Gasteiger partial charge in [-0.05, 0) is 55.8 Å². The second-order valence-corrected chi connectivity index (χ2v) is 10.5.